The van der Waals surface area contributed by atoms with Gasteiger partial charge < -0.3 is 10.8 Å². The van der Waals surface area contributed by atoms with Crippen molar-refractivity contribution in [3.05, 3.63) is 0 Å². The quantitative estimate of drug-likeness (QED) is 0.609. The van der Waals surface area contributed by atoms with Crippen LogP contribution >= 0.6 is 0 Å². The SMILES string of the molecule is CN(CCCN)S(=O)(=O)N(CCCO)C1CCC1. The second-order valence-corrected chi connectivity index (χ2v) is 6.73. The molecular weight excluding hydrogens is 254 g/mol. The normalized spacial score (nSPS) is 17.4. The lowest BCUT2D eigenvalue weighted by Crippen LogP contribution is -2.50. The fourth-order valence-corrected chi connectivity index (χ4v) is 3.66. The molecule has 0 saturated heterocycles. The third-order valence-electron chi connectivity index (χ3n) is 3.39. The van der Waals surface area contributed by atoms with Crippen LogP contribution in [0.5, 0.6) is 0 Å². The molecule has 1 rings (SSSR count). The molecule has 18 heavy (non-hydrogen) atoms. The van der Waals surface area contributed by atoms with Crippen LogP contribution in [-0.4, -0.2) is 61.5 Å². The molecule has 1 fully saturated rings. The molecule has 0 aromatic rings. The van der Waals surface area contributed by atoms with E-state index in [0.717, 1.165) is 19.3 Å². The molecule has 0 unspecified atom stereocenters. The van der Waals surface area contributed by atoms with E-state index in [2.05, 4.69) is 0 Å². The van der Waals surface area contributed by atoms with Gasteiger partial charge in [-0.2, -0.15) is 17.0 Å². The zero-order valence-corrected chi connectivity index (χ0v) is 11.9. The van der Waals surface area contributed by atoms with Crippen LogP contribution in [0.1, 0.15) is 32.1 Å². The van der Waals surface area contributed by atoms with Crippen molar-refractivity contribution in [1.29, 1.82) is 0 Å². The Balaban J connectivity index is 2.68. The monoisotopic (exact) mass is 279 g/mol. The van der Waals surface area contributed by atoms with Crippen molar-refractivity contribution in [2.24, 2.45) is 5.73 Å². The molecule has 0 bridgehead atoms. The summed E-state index contributed by atoms with van der Waals surface area (Å²) in [6.45, 7) is 1.35. The zero-order valence-electron chi connectivity index (χ0n) is 11.1. The lowest BCUT2D eigenvalue weighted by atomic mass is 9.93. The second-order valence-electron chi connectivity index (χ2n) is 4.74. The Labute approximate surface area is 110 Å². The first-order chi connectivity index (χ1) is 8.54. The van der Waals surface area contributed by atoms with E-state index in [1.807, 2.05) is 0 Å². The Hall–Kier alpha value is -0.210. The van der Waals surface area contributed by atoms with Gasteiger partial charge in [-0.05, 0) is 32.2 Å². The van der Waals surface area contributed by atoms with Crippen molar-refractivity contribution in [2.75, 3.05) is 33.3 Å². The molecule has 0 heterocycles. The van der Waals surface area contributed by atoms with Crippen LogP contribution in [0, 0.1) is 0 Å². The summed E-state index contributed by atoms with van der Waals surface area (Å²) in [5, 5.41) is 8.88. The van der Waals surface area contributed by atoms with Gasteiger partial charge in [-0.1, -0.05) is 6.42 Å². The summed E-state index contributed by atoms with van der Waals surface area (Å²) in [5.74, 6) is 0. The molecule has 0 amide bonds. The number of hydrogen-bond acceptors (Lipinski definition) is 4. The molecule has 1 saturated carbocycles. The lowest BCUT2D eigenvalue weighted by molar-refractivity contribution is 0.189. The van der Waals surface area contributed by atoms with Gasteiger partial charge in [0.1, 0.15) is 0 Å². The minimum absolute atomic E-state index is 0.0191. The molecule has 0 aromatic carbocycles. The fourth-order valence-electron chi connectivity index (χ4n) is 2.00. The minimum atomic E-state index is -3.41. The minimum Gasteiger partial charge on any atom is -0.396 e. The van der Waals surface area contributed by atoms with Crippen LogP contribution in [0.3, 0.4) is 0 Å². The molecule has 6 nitrogen and oxygen atoms in total. The molecule has 108 valence electrons. The predicted octanol–water partition coefficient (Wildman–Crippen LogP) is -0.251. The Morgan fingerprint density at radius 3 is 2.39 bits per heavy atom. The molecule has 0 spiro atoms. The first-order valence-electron chi connectivity index (χ1n) is 6.58. The topological polar surface area (TPSA) is 86.9 Å². The number of hydrogen-bond donors (Lipinski definition) is 2. The van der Waals surface area contributed by atoms with E-state index in [-0.39, 0.29) is 12.6 Å². The summed E-state index contributed by atoms with van der Waals surface area (Å²) in [5.41, 5.74) is 5.41. The largest absolute Gasteiger partial charge is 0.396 e. The summed E-state index contributed by atoms with van der Waals surface area (Å²) in [6, 6.07) is 0.113. The van der Waals surface area contributed by atoms with Crippen LogP contribution in [0.15, 0.2) is 0 Å². The standard InChI is InChI=1S/C11H25N3O3S/c1-13(8-3-7-12)18(16,17)14(9-4-10-15)11-5-2-6-11/h11,15H,2-10,12H2,1H3. The Bertz CT molecular complexity index is 330. The van der Waals surface area contributed by atoms with Crippen LogP contribution < -0.4 is 5.73 Å². The first-order valence-corrected chi connectivity index (χ1v) is 7.97. The second kappa shape index (κ2) is 7.40. The molecule has 0 radical (unpaired) electrons. The van der Waals surface area contributed by atoms with Crippen LogP contribution in [0.25, 0.3) is 0 Å². The van der Waals surface area contributed by atoms with E-state index in [9.17, 15) is 8.42 Å². The molecule has 0 aromatic heterocycles. The summed E-state index contributed by atoms with van der Waals surface area (Å²) in [4.78, 5) is 0. The summed E-state index contributed by atoms with van der Waals surface area (Å²) >= 11 is 0. The molecule has 0 aliphatic heterocycles. The van der Waals surface area contributed by atoms with Gasteiger partial charge in [-0.15, -0.1) is 0 Å². The van der Waals surface area contributed by atoms with Crippen molar-refractivity contribution >= 4 is 10.2 Å². The predicted molar refractivity (Wildman–Crippen MR) is 71.3 cm³/mol. The maximum atomic E-state index is 12.4. The van der Waals surface area contributed by atoms with Crippen LogP contribution in [-0.2, 0) is 10.2 Å². The van der Waals surface area contributed by atoms with Crippen LogP contribution in [0.4, 0.5) is 0 Å². The molecule has 1 aliphatic rings. The van der Waals surface area contributed by atoms with E-state index in [1.54, 1.807) is 11.4 Å². The Morgan fingerprint density at radius 1 is 1.28 bits per heavy atom. The highest BCUT2D eigenvalue weighted by atomic mass is 32.2. The van der Waals surface area contributed by atoms with Gasteiger partial charge in [0, 0.05) is 32.8 Å². The van der Waals surface area contributed by atoms with Gasteiger partial charge in [0.25, 0.3) is 10.2 Å². The zero-order chi connectivity index (χ0) is 13.6. The van der Waals surface area contributed by atoms with Crippen molar-refractivity contribution in [3.8, 4) is 0 Å². The molecular formula is C11H25N3O3S. The fraction of sp³-hybridized carbons (Fsp3) is 1.00. The summed E-state index contributed by atoms with van der Waals surface area (Å²) in [7, 11) is -1.81. The maximum absolute atomic E-state index is 12.4. The van der Waals surface area contributed by atoms with E-state index in [0.29, 0.717) is 32.5 Å². The summed E-state index contributed by atoms with van der Waals surface area (Å²) in [6.07, 6.45) is 4.09. The van der Waals surface area contributed by atoms with Crippen LogP contribution in [0.2, 0.25) is 0 Å². The highest BCUT2D eigenvalue weighted by Crippen LogP contribution is 2.28. The number of rotatable bonds is 9. The third kappa shape index (κ3) is 3.89. The number of nitrogens with two attached hydrogens (primary N) is 1. The van der Waals surface area contributed by atoms with Gasteiger partial charge >= 0.3 is 0 Å². The number of aliphatic hydroxyl groups excluding tert-OH is 1. The lowest BCUT2D eigenvalue weighted by Gasteiger charge is -2.38. The van der Waals surface area contributed by atoms with Crippen molar-refractivity contribution in [3.63, 3.8) is 0 Å². The van der Waals surface area contributed by atoms with Gasteiger partial charge in [0.05, 0.1) is 0 Å². The van der Waals surface area contributed by atoms with Crippen molar-refractivity contribution in [2.45, 2.75) is 38.1 Å². The average molecular weight is 279 g/mol. The van der Waals surface area contributed by atoms with E-state index < -0.39 is 10.2 Å². The highest BCUT2D eigenvalue weighted by Gasteiger charge is 2.35. The molecule has 3 N–H and O–H groups in total. The van der Waals surface area contributed by atoms with Gasteiger partial charge in [0.2, 0.25) is 0 Å². The number of nitrogens with zero attached hydrogens (tertiary/aromatic N) is 2. The molecule has 0 atom stereocenters. The maximum Gasteiger partial charge on any atom is 0.281 e. The first kappa shape index (κ1) is 15.8. The van der Waals surface area contributed by atoms with E-state index >= 15 is 0 Å². The van der Waals surface area contributed by atoms with Gasteiger partial charge in [-0.3, -0.25) is 0 Å². The number of aliphatic hydroxyl groups is 1. The van der Waals surface area contributed by atoms with Gasteiger partial charge in [-0.25, -0.2) is 0 Å². The molecule has 1 aliphatic carbocycles. The van der Waals surface area contributed by atoms with Crippen molar-refractivity contribution in [1.82, 2.24) is 8.61 Å². The van der Waals surface area contributed by atoms with E-state index in [4.69, 9.17) is 10.8 Å². The molecule has 7 heteroatoms. The van der Waals surface area contributed by atoms with Crippen molar-refractivity contribution < 1.29 is 13.5 Å². The average Bonchev–Trinajstić information content (AvgIpc) is 2.28. The van der Waals surface area contributed by atoms with E-state index in [1.165, 1.54) is 4.31 Å². The Kier molecular flexibility index (Phi) is 6.51. The Morgan fingerprint density at radius 2 is 1.94 bits per heavy atom. The van der Waals surface area contributed by atoms with Gasteiger partial charge in [0.15, 0.2) is 0 Å². The summed E-state index contributed by atoms with van der Waals surface area (Å²) < 4.78 is 27.7. The smallest absolute Gasteiger partial charge is 0.281 e. The third-order valence-corrected chi connectivity index (χ3v) is 5.43. The highest BCUT2D eigenvalue weighted by molar-refractivity contribution is 7.86.